The summed E-state index contributed by atoms with van der Waals surface area (Å²) in [5, 5.41) is 10.1. The third kappa shape index (κ3) is 3.13. The van der Waals surface area contributed by atoms with Crippen molar-refractivity contribution < 1.29 is 0 Å². The standard InChI is InChI=1S/C20H19N5OS/c26-20-15-5-1-2-6-16(15)22-23-25(20)13-24-11-9-14(10-12-24)19-21-17-7-3-4-8-18(17)27-19/h1-8,14H,9-13H2. The van der Waals surface area contributed by atoms with E-state index in [1.54, 1.807) is 11.3 Å². The summed E-state index contributed by atoms with van der Waals surface area (Å²) in [7, 11) is 0. The highest BCUT2D eigenvalue weighted by Gasteiger charge is 2.24. The highest BCUT2D eigenvalue weighted by atomic mass is 32.1. The SMILES string of the molecule is O=c1c2ccccc2nnn1CN1CCC(c2nc3ccccc3s2)CC1. The van der Waals surface area contributed by atoms with Crippen LogP contribution in [0.15, 0.2) is 53.3 Å². The number of para-hydroxylation sites is 1. The number of fused-ring (bicyclic) bond motifs is 2. The minimum atomic E-state index is -0.0751. The molecule has 1 aliphatic rings. The van der Waals surface area contributed by atoms with Crippen LogP contribution in [0.1, 0.15) is 23.8 Å². The second kappa shape index (κ2) is 6.83. The van der Waals surface area contributed by atoms with Gasteiger partial charge < -0.3 is 0 Å². The number of thiazole rings is 1. The topological polar surface area (TPSA) is 63.9 Å². The van der Waals surface area contributed by atoms with Crippen LogP contribution < -0.4 is 5.56 Å². The van der Waals surface area contributed by atoms with Crippen LogP contribution in [0, 0.1) is 0 Å². The first kappa shape index (κ1) is 16.5. The molecule has 0 bridgehead atoms. The summed E-state index contributed by atoms with van der Waals surface area (Å²) in [5.41, 5.74) is 1.67. The van der Waals surface area contributed by atoms with Gasteiger partial charge in [0.1, 0.15) is 5.52 Å². The molecule has 1 saturated heterocycles. The van der Waals surface area contributed by atoms with Crippen LogP contribution >= 0.6 is 11.3 Å². The normalized spacial score (nSPS) is 16.3. The number of hydrogen-bond donors (Lipinski definition) is 0. The maximum Gasteiger partial charge on any atom is 0.278 e. The largest absolute Gasteiger partial charge is 0.284 e. The van der Waals surface area contributed by atoms with Gasteiger partial charge in [-0.05, 0) is 37.1 Å². The lowest BCUT2D eigenvalue weighted by molar-refractivity contribution is 0.156. The van der Waals surface area contributed by atoms with Crippen LogP contribution in [0.25, 0.3) is 21.1 Å². The average Bonchev–Trinajstić information content (AvgIpc) is 3.15. The minimum Gasteiger partial charge on any atom is -0.284 e. The first-order valence-corrected chi connectivity index (χ1v) is 10.00. The van der Waals surface area contributed by atoms with Crippen molar-refractivity contribution in [1.82, 2.24) is 24.9 Å². The third-order valence-corrected chi connectivity index (χ3v) is 6.41. The van der Waals surface area contributed by atoms with Crippen molar-refractivity contribution in [2.75, 3.05) is 13.1 Å². The van der Waals surface area contributed by atoms with Crippen molar-refractivity contribution in [2.24, 2.45) is 0 Å². The van der Waals surface area contributed by atoms with Crippen LogP contribution in [0.3, 0.4) is 0 Å². The van der Waals surface area contributed by atoms with E-state index in [4.69, 9.17) is 4.98 Å². The zero-order valence-electron chi connectivity index (χ0n) is 14.8. The summed E-state index contributed by atoms with van der Waals surface area (Å²) in [5.74, 6) is 0.498. The zero-order valence-corrected chi connectivity index (χ0v) is 15.6. The van der Waals surface area contributed by atoms with Crippen LogP contribution in [0.5, 0.6) is 0 Å². The fourth-order valence-electron chi connectivity index (χ4n) is 3.69. The molecule has 3 heterocycles. The highest BCUT2D eigenvalue weighted by molar-refractivity contribution is 7.18. The molecule has 1 fully saturated rings. The van der Waals surface area contributed by atoms with E-state index in [1.807, 2.05) is 30.3 Å². The summed E-state index contributed by atoms with van der Waals surface area (Å²) in [4.78, 5) is 19.7. The predicted molar refractivity (Wildman–Crippen MR) is 107 cm³/mol. The quantitative estimate of drug-likeness (QED) is 0.548. The van der Waals surface area contributed by atoms with Crippen LogP contribution in [0.4, 0.5) is 0 Å². The first-order chi connectivity index (χ1) is 13.3. The maximum atomic E-state index is 12.6. The maximum absolute atomic E-state index is 12.6. The summed E-state index contributed by atoms with van der Waals surface area (Å²) in [6.07, 6.45) is 2.10. The lowest BCUT2D eigenvalue weighted by Gasteiger charge is -2.30. The molecule has 136 valence electrons. The molecule has 0 saturated carbocycles. The van der Waals surface area contributed by atoms with E-state index in [-0.39, 0.29) is 5.56 Å². The number of benzene rings is 2. The number of nitrogens with zero attached hydrogens (tertiary/aromatic N) is 5. The molecular formula is C20H19N5OS. The molecule has 0 radical (unpaired) electrons. The van der Waals surface area contributed by atoms with Gasteiger partial charge in [0.15, 0.2) is 0 Å². The fraction of sp³-hybridized carbons (Fsp3) is 0.300. The summed E-state index contributed by atoms with van der Waals surface area (Å²) in [6, 6.07) is 15.7. The number of piperidine rings is 1. The summed E-state index contributed by atoms with van der Waals surface area (Å²) >= 11 is 1.81. The fourth-order valence-corrected chi connectivity index (χ4v) is 4.83. The van der Waals surface area contributed by atoms with Gasteiger partial charge in [0.05, 0.1) is 27.3 Å². The van der Waals surface area contributed by atoms with E-state index in [2.05, 4.69) is 33.4 Å². The Bertz CT molecular complexity index is 1130. The van der Waals surface area contributed by atoms with Crippen molar-refractivity contribution >= 4 is 32.5 Å². The Hall–Kier alpha value is -2.64. The number of hydrogen-bond acceptors (Lipinski definition) is 6. The van der Waals surface area contributed by atoms with E-state index in [1.165, 1.54) is 14.4 Å². The Morgan fingerprint density at radius 3 is 2.56 bits per heavy atom. The Morgan fingerprint density at radius 1 is 1.00 bits per heavy atom. The van der Waals surface area contributed by atoms with E-state index >= 15 is 0 Å². The highest BCUT2D eigenvalue weighted by Crippen LogP contribution is 2.33. The van der Waals surface area contributed by atoms with Crippen LogP contribution in [0.2, 0.25) is 0 Å². The summed E-state index contributed by atoms with van der Waals surface area (Å²) in [6.45, 7) is 2.35. The molecule has 6 nitrogen and oxygen atoms in total. The molecule has 2 aromatic heterocycles. The van der Waals surface area contributed by atoms with E-state index < -0.39 is 0 Å². The van der Waals surface area contributed by atoms with E-state index in [0.717, 1.165) is 31.4 Å². The monoisotopic (exact) mass is 377 g/mol. The lowest BCUT2D eigenvalue weighted by Crippen LogP contribution is -2.38. The molecule has 0 aliphatic carbocycles. The molecule has 27 heavy (non-hydrogen) atoms. The molecule has 7 heteroatoms. The van der Waals surface area contributed by atoms with Crippen LogP contribution in [-0.4, -0.2) is 38.0 Å². The van der Waals surface area contributed by atoms with Crippen molar-refractivity contribution in [2.45, 2.75) is 25.4 Å². The Kier molecular flexibility index (Phi) is 4.18. The van der Waals surface area contributed by atoms with Gasteiger partial charge in [0, 0.05) is 19.0 Å². The minimum absolute atomic E-state index is 0.0751. The number of likely N-dealkylation sites (tertiary alicyclic amines) is 1. The first-order valence-electron chi connectivity index (χ1n) is 9.18. The van der Waals surface area contributed by atoms with Crippen molar-refractivity contribution in [3.05, 3.63) is 63.9 Å². The Labute approximate surface area is 160 Å². The smallest absolute Gasteiger partial charge is 0.278 e. The predicted octanol–water partition coefficient (Wildman–Crippen LogP) is 3.24. The van der Waals surface area contributed by atoms with Crippen molar-refractivity contribution in [1.29, 1.82) is 0 Å². The van der Waals surface area contributed by atoms with Gasteiger partial charge in [0.2, 0.25) is 0 Å². The number of rotatable bonds is 3. The van der Waals surface area contributed by atoms with Crippen molar-refractivity contribution in [3.63, 3.8) is 0 Å². The molecule has 1 aliphatic heterocycles. The van der Waals surface area contributed by atoms with Gasteiger partial charge >= 0.3 is 0 Å². The summed E-state index contributed by atoms with van der Waals surface area (Å²) < 4.78 is 2.73. The molecule has 2 aromatic carbocycles. The van der Waals surface area contributed by atoms with E-state index in [0.29, 0.717) is 23.5 Å². The molecule has 4 aromatic rings. The molecule has 0 N–H and O–H groups in total. The average molecular weight is 377 g/mol. The second-order valence-corrected chi connectivity index (χ2v) is 8.03. The van der Waals surface area contributed by atoms with Crippen molar-refractivity contribution in [3.8, 4) is 0 Å². The van der Waals surface area contributed by atoms with Gasteiger partial charge in [-0.25, -0.2) is 4.98 Å². The Balaban J connectivity index is 1.29. The molecule has 5 rings (SSSR count). The molecule has 0 unspecified atom stereocenters. The van der Waals surface area contributed by atoms with Gasteiger partial charge in [-0.3, -0.25) is 9.69 Å². The van der Waals surface area contributed by atoms with Gasteiger partial charge in [-0.2, -0.15) is 4.68 Å². The molecule has 0 amide bonds. The van der Waals surface area contributed by atoms with E-state index in [9.17, 15) is 4.79 Å². The third-order valence-electron chi connectivity index (χ3n) is 5.21. The van der Waals surface area contributed by atoms with Crippen LogP contribution in [-0.2, 0) is 6.67 Å². The van der Waals surface area contributed by atoms with Gasteiger partial charge in [0.25, 0.3) is 5.56 Å². The lowest BCUT2D eigenvalue weighted by atomic mass is 9.98. The zero-order chi connectivity index (χ0) is 18.2. The van der Waals surface area contributed by atoms with Gasteiger partial charge in [-0.15, -0.1) is 16.4 Å². The molecule has 0 spiro atoms. The van der Waals surface area contributed by atoms with Gasteiger partial charge in [-0.1, -0.05) is 29.5 Å². The number of aromatic nitrogens is 4. The molecule has 0 atom stereocenters. The second-order valence-electron chi connectivity index (χ2n) is 6.96. The molecular weight excluding hydrogens is 358 g/mol. The Morgan fingerprint density at radius 2 is 1.74 bits per heavy atom.